The number of fused-ring (bicyclic) bond motifs is 1. The molecule has 2 aliphatic heterocycles. The molecule has 0 bridgehead atoms. The van der Waals surface area contributed by atoms with Crippen molar-refractivity contribution in [1.29, 1.82) is 0 Å². The Kier molecular flexibility index (Phi) is 4.77. The molecule has 4 fully saturated rings. The Morgan fingerprint density at radius 1 is 1.06 bits per heavy atom. The minimum atomic E-state index is -0.829. The Labute approximate surface area is 189 Å². The zero-order valence-electron chi connectivity index (χ0n) is 18.9. The van der Waals surface area contributed by atoms with Gasteiger partial charge in [-0.3, -0.25) is 9.48 Å². The van der Waals surface area contributed by atoms with Gasteiger partial charge in [0.1, 0.15) is 0 Å². The summed E-state index contributed by atoms with van der Waals surface area (Å²) in [6.07, 6.45) is 9.42. The molecule has 2 saturated carbocycles. The Morgan fingerprint density at radius 3 is 2.44 bits per heavy atom. The van der Waals surface area contributed by atoms with Crippen LogP contribution >= 0.6 is 0 Å². The molecule has 2 N–H and O–H groups in total. The van der Waals surface area contributed by atoms with E-state index in [0.29, 0.717) is 5.41 Å². The zero-order valence-corrected chi connectivity index (χ0v) is 18.9. The first-order valence-electron chi connectivity index (χ1n) is 12.3. The van der Waals surface area contributed by atoms with Crippen LogP contribution in [0.5, 0.6) is 0 Å². The number of hydrogen-bond acceptors (Lipinski definition) is 5. The number of β-amino-alcohol motifs (C(OH)–C–C–N with tert-alkyl or cyclic N) is 2. The number of anilines is 1. The zero-order chi connectivity index (χ0) is 22.0. The molecule has 0 unspecified atom stereocenters. The summed E-state index contributed by atoms with van der Waals surface area (Å²) in [5.74, 6) is 0.151. The lowest BCUT2D eigenvalue weighted by Gasteiger charge is -2.40. The number of carbonyl (C=O) groups excluding carboxylic acids is 1. The smallest absolute Gasteiger partial charge is 0.226 e. The topological polar surface area (TPSA) is 81.8 Å². The van der Waals surface area contributed by atoms with Gasteiger partial charge in [-0.05, 0) is 61.1 Å². The number of aliphatic hydroxyl groups excluding tert-OH is 2. The van der Waals surface area contributed by atoms with E-state index >= 15 is 0 Å². The molecule has 4 aliphatic rings. The predicted octanol–water partition coefficient (Wildman–Crippen LogP) is 2.40. The summed E-state index contributed by atoms with van der Waals surface area (Å²) >= 11 is 0. The summed E-state index contributed by atoms with van der Waals surface area (Å²) in [6.45, 7) is 2.69. The normalized spacial score (nSPS) is 31.7. The molecule has 1 spiro atoms. The number of aliphatic hydroxyl groups is 2. The molecule has 1 aromatic heterocycles. The van der Waals surface area contributed by atoms with Crippen LogP contribution in [0.3, 0.4) is 0 Å². The van der Waals surface area contributed by atoms with Crippen LogP contribution in [0.15, 0.2) is 18.3 Å². The molecule has 3 heterocycles. The van der Waals surface area contributed by atoms with E-state index in [-0.39, 0.29) is 30.8 Å². The van der Waals surface area contributed by atoms with E-state index in [1.54, 1.807) is 4.90 Å². The number of hydrogen-bond donors (Lipinski definition) is 2. The van der Waals surface area contributed by atoms with Crippen LogP contribution in [0, 0.1) is 11.3 Å². The van der Waals surface area contributed by atoms with Crippen molar-refractivity contribution in [3.63, 3.8) is 0 Å². The standard InChI is InChI=1S/C25H34N4O3/c1-27-13-16-10-17(28-8-6-25(7-9-28)4-2-3-5-25)11-19(23(16)26-27)18-12-20(18)24(32)29-14-21(30)22(31)15-29/h10-11,13,18,20-22,30-31H,2-9,12,14-15H2,1H3/t18-,20+,21-,22-/m0/s1. The van der Waals surface area contributed by atoms with E-state index < -0.39 is 12.2 Å². The second kappa shape index (κ2) is 7.45. The first-order chi connectivity index (χ1) is 15.4. The molecule has 1 aromatic carbocycles. The maximum absolute atomic E-state index is 13.0. The molecule has 0 radical (unpaired) electrons. The molecule has 4 atom stereocenters. The second-order valence-corrected chi connectivity index (χ2v) is 10.8. The van der Waals surface area contributed by atoms with Crippen LogP contribution in [0.1, 0.15) is 56.4 Å². The number of rotatable bonds is 3. The minimum absolute atomic E-state index is 0.0567. The van der Waals surface area contributed by atoms with Gasteiger partial charge in [-0.2, -0.15) is 5.10 Å². The van der Waals surface area contributed by atoms with Crippen molar-refractivity contribution in [1.82, 2.24) is 14.7 Å². The van der Waals surface area contributed by atoms with Crippen molar-refractivity contribution < 1.29 is 15.0 Å². The van der Waals surface area contributed by atoms with Gasteiger partial charge in [0.2, 0.25) is 5.91 Å². The van der Waals surface area contributed by atoms with Gasteiger partial charge < -0.3 is 20.0 Å². The fourth-order valence-corrected chi connectivity index (χ4v) is 6.59. The average molecular weight is 439 g/mol. The Hall–Kier alpha value is -2.12. The highest BCUT2D eigenvalue weighted by molar-refractivity contribution is 5.90. The van der Waals surface area contributed by atoms with Crippen LogP contribution in [0.25, 0.3) is 10.9 Å². The van der Waals surface area contributed by atoms with Crippen molar-refractivity contribution in [2.75, 3.05) is 31.1 Å². The van der Waals surface area contributed by atoms with Crippen molar-refractivity contribution in [3.05, 3.63) is 23.9 Å². The molecular formula is C25H34N4O3. The average Bonchev–Trinajstić information content (AvgIpc) is 3.08. The summed E-state index contributed by atoms with van der Waals surface area (Å²) in [4.78, 5) is 17.2. The third-order valence-corrected chi connectivity index (χ3v) is 8.67. The first kappa shape index (κ1) is 20.5. The molecular weight excluding hydrogens is 404 g/mol. The predicted molar refractivity (Wildman–Crippen MR) is 123 cm³/mol. The number of nitrogens with zero attached hydrogens (tertiary/aromatic N) is 4. The molecule has 172 valence electrons. The number of aryl methyl sites for hydroxylation is 1. The molecule has 6 rings (SSSR count). The number of aromatic nitrogens is 2. The number of likely N-dealkylation sites (tertiary alicyclic amines) is 1. The number of carbonyl (C=O) groups is 1. The third kappa shape index (κ3) is 3.41. The van der Waals surface area contributed by atoms with Gasteiger partial charge >= 0.3 is 0 Å². The van der Waals surface area contributed by atoms with E-state index in [4.69, 9.17) is 5.10 Å². The van der Waals surface area contributed by atoms with Crippen molar-refractivity contribution in [2.45, 2.75) is 63.1 Å². The molecule has 7 nitrogen and oxygen atoms in total. The van der Waals surface area contributed by atoms with Crippen LogP contribution in [-0.2, 0) is 11.8 Å². The van der Waals surface area contributed by atoms with E-state index in [9.17, 15) is 15.0 Å². The number of benzene rings is 1. The first-order valence-corrected chi connectivity index (χ1v) is 12.3. The third-order valence-electron chi connectivity index (χ3n) is 8.67. The van der Waals surface area contributed by atoms with Crippen LogP contribution in [0.2, 0.25) is 0 Å². The van der Waals surface area contributed by atoms with E-state index in [1.165, 1.54) is 49.8 Å². The fraction of sp³-hybridized carbons (Fsp3) is 0.680. The highest BCUT2D eigenvalue weighted by atomic mass is 16.3. The Bertz CT molecular complexity index is 1020. The SMILES string of the molecule is Cn1cc2cc(N3CCC4(CCCC4)CC3)cc([C@@H]3C[C@H]3C(=O)N3C[C@H](O)[C@@H](O)C3)c2n1. The van der Waals surface area contributed by atoms with Crippen LogP contribution in [-0.4, -0.2) is 69.2 Å². The van der Waals surface area contributed by atoms with Gasteiger partial charge in [0.15, 0.2) is 0 Å². The summed E-state index contributed by atoms with van der Waals surface area (Å²) in [5.41, 5.74) is 4.04. The molecule has 2 aromatic rings. The van der Waals surface area contributed by atoms with Crippen molar-refractivity contribution in [2.24, 2.45) is 18.4 Å². The number of amides is 1. The molecule has 7 heteroatoms. The Morgan fingerprint density at radius 2 is 1.75 bits per heavy atom. The van der Waals surface area contributed by atoms with Gasteiger partial charge in [-0.15, -0.1) is 0 Å². The quantitative estimate of drug-likeness (QED) is 0.769. The molecule has 1 amide bonds. The lowest BCUT2D eigenvalue weighted by molar-refractivity contribution is -0.132. The number of piperidine rings is 1. The van der Waals surface area contributed by atoms with Gasteiger partial charge in [-0.1, -0.05) is 12.8 Å². The minimum Gasteiger partial charge on any atom is -0.388 e. The summed E-state index contributed by atoms with van der Waals surface area (Å²) in [7, 11) is 1.96. The highest BCUT2D eigenvalue weighted by Gasteiger charge is 2.49. The van der Waals surface area contributed by atoms with Gasteiger partial charge in [0, 0.05) is 56.4 Å². The second-order valence-electron chi connectivity index (χ2n) is 10.8. The highest BCUT2D eigenvalue weighted by Crippen LogP contribution is 2.52. The van der Waals surface area contributed by atoms with E-state index in [2.05, 4.69) is 23.2 Å². The Balaban J connectivity index is 1.25. The van der Waals surface area contributed by atoms with Gasteiger partial charge in [-0.25, -0.2) is 0 Å². The lowest BCUT2D eigenvalue weighted by atomic mass is 9.77. The summed E-state index contributed by atoms with van der Waals surface area (Å²) < 4.78 is 1.87. The van der Waals surface area contributed by atoms with E-state index in [0.717, 1.165) is 30.4 Å². The van der Waals surface area contributed by atoms with Gasteiger partial charge in [0.05, 0.1) is 17.7 Å². The maximum atomic E-state index is 13.0. The molecule has 2 aliphatic carbocycles. The van der Waals surface area contributed by atoms with Crippen molar-refractivity contribution >= 4 is 22.5 Å². The maximum Gasteiger partial charge on any atom is 0.226 e. The van der Waals surface area contributed by atoms with E-state index in [1.807, 2.05) is 11.7 Å². The molecule has 32 heavy (non-hydrogen) atoms. The largest absolute Gasteiger partial charge is 0.388 e. The lowest BCUT2D eigenvalue weighted by Crippen LogP contribution is -2.38. The molecule has 2 saturated heterocycles. The monoisotopic (exact) mass is 438 g/mol. The van der Waals surface area contributed by atoms with Crippen LogP contribution < -0.4 is 4.90 Å². The fourth-order valence-electron chi connectivity index (χ4n) is 6.59. The summed E-state index contributed by atoms with van der Waals surface area (Å²) in [6, 6.07) is 4.55. The van der Waals surface area contributed by atoms with Crippen LogP contribution in [0.4, 0.5) is 5.69 Å². The van der Waals surface area contributed by atoms with Crippen molar-refractivity contribution in [3.8, 4) is 0 Å². The summed E-state index contributed by atoms with van der Waals surface area (Å²) in [5, 5.41) is 25.6. The van der Waals surface area contributed by atoms with Gasteiger partial charge in [0.25, 0.3) is 0 Å².